The Hall–Kier alpha value is -0.460. The van der Waals surface area contributed by atoms with Gasteiger partial charge in [0.2, 0.25) is 0 Å². The van der Waals surface area contributed by atoms with E-state index in [0.29, 0.717) is 5.96 Å². The zero-order chi connectivity index (χ0) is 13.9. The van der Waals surface area contributed by atoms with Crippen LogP contribution in [-0.2, 0) is 4.74 Å². The average molecular weight is 286 g/mol. The van der Waals surface area contributed by atoms with Gasteiger partial charge in [-0.2, -0.15) is 11.8 Å². The number of ether oxygens (including phenoxy) is 1. The van der Waals surface area contributed by atoms with Gasteiger partial charge in [-0.25, -0.2) is 0 Å². The molecule has 0 bridgehead atoms. The Morgan fingerprint density at radius 1 is 1.58 bits per heavy atom. The summed E-state index contributed by atoms with van der Waals surface area (Å²) in [7, 11) is 4.29. The quantitative estimate of drug-likeness (QED) is 0.603. The van der Waals surface area contributed by atoms with Crippen LogP contribution in [0.4, 0.5) is 0 Å². The number of nitrogens with zero attached hydrogens (tertiary/aromatic N) is 3. The molecule has 110 valence electrons. The van der Waals surface area contributed by atoms with Crippen LogP contribution in [0, 0.1) is 0 Å². The number of likely N-dealkylation sites (N-methyl/N-ethyl adjacent to an activating group) is 1. The van der Waals surface area contributed by atoms with E-state index in [1.165, 1.54) is 12.2 Å². The first-order valence-corrected chi connectivity index (χ1v) is 8.11. The van der Waals surface area contributed by atoms with Crippen LogP contribution in [0.15, 0.2) is 4.99 Å². The molecule has 2 aliphatic rings. The highest BCUT2D eigenvalue weighted by molar-refractivity contribution is 7.99. The van der Waals surface area contributed by atoms with Gasteiger partial charge in [-0.05, 0) is 33.2 Å². The molecule has 0 aliphatic carbocycles. The van der Waals surface area contributed by atoms with Crippen LogP contribution in [0.2, 0.25) is 0 Å². The van der Waals surface area contributed by atoms with E-state index in [9.17, 15) is 0 Å². The lowest BCUT2D eigenvalue weighted by Gasteiger charge is -2.35. The molecule has 6 heteroatoms. The average Bonchev–Trinajstić information content (AvgIpc) is 2.86. The third kappa shape index (κ3) is 3.55. The van der Waals surface area contributed by atoms with Crippen LogP contribution in [-0.4, -0.2) is 79.2 Å². The minimum Gasteiger partial charge on any atom is -0.375 e. The summed E-state index contributed by atoms with van der Waals surface area (Å²) in [5.41, 5.74) is 6.33. The second kappa shape index (κ2) is 6.33. The molecule has 0 aromatic rings. The highest BCUT2D eigenvalue weighted by atomic mass is 32.2. The monoisotopic (exact) mass is 286 g/mol. The predicted molar refractivity (Wildman–Crippen MR) is 81.8 cm³/mol. The minimum absolute atomic E-state index is 0.188. The first-order chi connectivity index (χ1) is 9.03. The van der Waals surface area contributed by atoms with Gasteiger partial charge in [0.1, 0.15) is 0 Å². The lowest BCUT2D eigenvalue weighted by molar-refractivity contribution is 0.00521. The van der Waals surface area contributed by atoms with Crippen molar-refractivity contribution in [3.05, 3.63) is 0 Å². The van der Waals surface area contributed by atoms with Gasteiger partial charge in [0.15, 0.2) is 5.96 Å². The fourth-order valence-electron chi connectivity index (χ4n) is 2.57. The molecule has 5 nitrogen and oxygen atoms in total. The second-order valence-corrected chi connectivity index (χ2v) is 6.83. The van der Waals surface area contributed by atoms with Gasteiger partial charge in [0.05, 0.1) is 19.3 Å². The minimum atomic E-state index is 0.188. The van der Waals surface area contributed by atoms with Gasteiger partial charge in [-0.15, -0.1) is 0 Å². The highest BCUT2D eigenvalue weighted by Crippen LogP contribution is 2.32. The van der Waals surface area contributed by atoms with Crippen molar-refractivity contribution in [2.24, 2.45) is 10.7 Å². The fourth-order valence-corrected chi connectivity index (χ4v) is 4.11. The van der Waals surface area contributed by atoms with Gasteiger partial charge in [0.25, 0.3) is 0 Å². The molecule has 2 aliphatic heterocycles. The molecule has 0 saturated carbocycles. The maximum Gasteiger partial charge on any atom is 0.191 e. The van der Waals surface area contributed by atoms with Crippen LogP contribution >= 0.6 is 11.8 Å². The Labute approximate surface area is 120 Å². The van der Waals surface area contributed by atoms with Crippen molar-refractivity contribution in [3.63, 3.8) is 0 Å². The van der Waals surface area contributed by atoms with E-state index in [2.05, 4.69) is 35.8 Å². The van der Waals surface area contributed by atoms with E-state index in [1.807, 2.05) is 11.8 Å². The number of guanidine groups is 1. The Kier molecular flexibility index (Phi) is 4.97. The number of hydrogen-bond donors (Lipinski definition) is 1. The van der Waals surface area contributed by atoms with E-state index >= 15 is 0 Å². The van der Waals surface area contributed by atoms with Crippen LogP contribution in [0.5, 0.6) is 0 Å². The van der Waals surface area contributed by atoms with Crippen LogP contribution in [0.25, 0.3) is 0 Å². The lowest BCUT2D eigenvalue weighted by atomic mass is 9.98. The molecule has 0 amide bonds. The fraction of sp³-hybridized carbons (Fsp3) is 0.923. The summed E-state index contributed by atoms with van der Waals surface area (Å²) in [5, 5.41) is 0. The molecule has 2 saturated heterocycles. The standard InChI is InChI=1S/C13H26N4OS/c1-11-8-17(5-6-18-11)12(14)15-9-13(16(2)3)4-7-19-10-13/h11H,4-10H2,1-3H3,(H2,14,15). The second-order valence-electron chi connectivity index (χ2n) is 5.72. The largest absolute Gasteiger partial charge is 0.375 e. The zero-order valence-electron chi connectivity index (χ0n) is 12.3. The number of morpholine rings is 1. The lowest BCUT2D eigenvalue weighted by Crippen LogP contribution is -2.50. The molecule has 2 unspecified atom stereocenters. The summed E-state index contributed by atoms with van der Waals surface area (Å²) in [6.45, 7) is 5.31. The SMILES string of the molecule is CC1CN(C(N)=NCC2(N(C)C)CCSC2)CCO1. The van der Waals surface area contributed by atoms with Crippen molar-refractivity contribution in [1.29, 1.82) is 0 Å². The van der Waals surface area contributed by atoms with Crippen molar-refractivity contribution in [2.75, 3.05) is 51.8 Å². The maximum atomic E-state index is 6.14. The molecule has 0 aromatic carbocycles. The number of aliphatic imine (C=N–C) groups is 1. The van der Waals surface area contributed by atoms with Crippen molar-refractivity contribution in [1.82, 2.24) is 9.80 Å². The van der Waals surface area contributed by atoms with Crippen LogP contribution in [0.3, 0.4) is 0 Å². The molecule has 0 spiro atoms. The van der Waals surface area contributed by atoms with Gasteiger partial charge >= 0.3 is 0 Å². The van der Waals surface area contributed by atoms with Gasteiger partial charge in [-0.1, -0.05) is 0 Å². The number of nitrogens with two attached hydrogens (primary N) is 1. The normalized spacial score (nSPS) is 33.2. The van der Waals surface area contributed by atoms with Gasteiger partial charge in [0, 0.05) is 24.4 Å². The number of thioether (sulfide) groups is 1. The maximum absolute atomic E-state index is 6.14. The third-order valence-corrected chi connectivity index (χ3v) is 5.37. The summed E-state index contributed by atoms with van der Waals surface area (Å²) in [4.78, 5) is 9.12. The molecule has 2 atom stereocenters. The Morgan fingerprint density at radius 2 is 2.37 bits per heavy atom. The molecule has 2 fully saturated rings. The summed E-state index contributed by atoms with van der Waals surface area (Å²) < 4.78 is 5.53. The van der Waals surface area contributed by atoms with Crippen molar-refractivity contribution in [2.45, 2.75) is 25.0 Å². The summed E-state index contributed by atoms with van der Waals surface area (Å²) >= 11 is 2.01. The van der Waals surface area contributed by atoms with Gasteiger partial charge in [-0.3, -0.25) is 4.99 Å². The van der Waals surface area contributed by atoms with E-state index in [1.54, 1.807) is 0 Å². The highest BCUT2D eigenvalue weighted by Gasteiger charge is 2.36. The Balaban J connectivity index is 1.96. The molecule has 2 N–H and O–H groups in total. The number of hydrogen-bond acceptors (Lipinski definition) is 4. The van der Waals surface area contributed by atoms with Gasteiger partial charge < -0.3 is 20.3 Å². The van der Waals surface area contributed by atoms with E-state index < -0.39 is 0 Å². The molecule has 2 heterocycles. The Bertz CT molecular complexity index is 329. The topological polar surface area (TPSA) is 54.1 Å². The van der Waals surface area contributed by atoms with Crippen LogP contribution in [0.1, 0.15) is 13.3 Å². The van der Waals surface area contributed by atoms with E-state index in [4.69, 9.17) is 10.5 Å². The number of rotatable bonds is 3. The first kappa shape index (κ1) is 14.9. The molecule has 2 rings (SSSR count). The third-order valence-electron chi connectivity index (χ3n) is 4.13. The molecule has 0 radical (unpaired) electrons. The van der Waals surface area contributed by atoms with E-state index in [0.717, 1.165) is 32.0 Å². The summed E-state index contributed by atoms with van der Waals surface area (Å²) in [5.74, 6) is 3.05. The van der Waals surface area contributed by atoms with Crippen LogP contribution < -0.4 is 5.73 Å². The molecule has 0 aromatic heterocycles. The predicted octanol–water partition coefficient (Wildman–Crippen LogP) is 0.459. The molecular formula is C13H26N4OS. The van der Waals surface area contributed by atoms with Crippen molar-refractivity contribution in [3.8, 4) is 0 Å². The molecular weight excluding hydrogens is 260 g/mol. The smallest absolute Gasteiger partial charge is 0.191 e. The summed E-state index contributed by atoms with van der Waals surface area (Å²) in [6, 6.07) is 0. The van der Waals surface area contributed by atoms with E-state index in [-0.39, 0.29) is 11.6 Å². The molecule has 19 heavy (non-hydrogen) atoms. The Morgan fingerprint density at radius 3 is 2.95 bits per heavy atom. The first-order valence-electron chi connectivity index (χ1n) is 6.95. The summed E-state index contributed by atoms with van der Waals surface area (Å²) in [6.07, 6.45) is 1.44. The zero-order valence-corrected chi connectivity index (χ0v) is 13.1. The van der Waals surface area contributed by atoms with Crippen molar-refractivity contribution < 1.29 is 4.74 Å². The van der Waals surface area contributed by atoms with Crippen molar-refractivity contribution >= 4 is 17.7 Å².